The number of rotatable bonds is 47. The van der Waals surface area contributed by atoms with Crippen LogP contribution in [0.1, 0.15) is 239 Å². The normalized spacial score (nSPS) is 13.1. The van der Waals surface area contributed by atoms with Crippen molar-refractivity contribution in [3.05, 3.63) is 36.5 Å². The second-order valence-corrected chi connectivity index (χ2v) is 18.8. The molecule has 0 fully saturated rings. The quantitative estimate of drug-likeness (QED) is 0.0281. The molecule has 62 heavy (non-hydrogen) atoms. The maximum absolute atomic E-state index is 12.8. The second kappa shape index (κ2) is 45.1. The predicted molar refractivity (Wildman–Crippen MR) is 261 cm³/mol. The number of hydrogen-bond donors (Lipinski definition) is 1. The first-order valence-corrected chi connectivity index (χ1v) is 26.0. The molecule has 0 saturated heterocycles. The van der Waals surface area contributed by atoms with Crippen LogP contribution >= 0.6 is 0 Å². The van der Waals surface area contributed by atoms with Crippen molar-refractivity contribution in [2.75, 3.05) is 41.0 Å². The van der Waals surface area contributed by atoms with Crippen LogP contribution in [0.4, 0.5) is 0 Å². The number of aliphatic carboxylic acids is 1. The van der Waals surface area contributed by atoms with Gasteiger partial charge in [0.2, 0.25) is 0 Å². The maximum Gasteiger partial charge on any atom is 0.362 e. The lowest BCUT2D eigenvalue weighted by molar-refractivity contribution is -0.887. The standard InChI is InChI=1S/C54H99NO7/c1-6-8-10-12-14-16-18-20-22-23-24-25-26-27-28-29-31-32-34-36-38-40-42-44-52(56)61-49-50(48-60-47-46-51(54(58)59)55(3,4)5)62-53(57)45-43-41-39-37-35-33-30-21-19-17-15-13-11-9-7-2/h8,10,14,16,20,22,50-51H,6-7,9,11-13,15,17-19,21,23-49H2,1-5H3/p+1/b10-8+,16-14+,22-20+. The van der Waals surface area contributed by atoms with Gasteiger partial charge in [0.15, 0.2) is 12.1 Å². The number of carboxylic acids is 1. The van der Waals surface area contributed by atoms with Crippen molar-refractivity contribution in [2.24, 2.45) is 0 Å². The van der Waals surface area contributed by atoms with Crippen LogP contribution in [0.2, 0.25) is 0 Å². The van der Waals surface area contributed by atoms with Gasteiger partial charge in [-0.05, 0) is 44.9 Å². The van der Waals surface area contributed by atoms with E-state index >= 15 is 0 Å². The molecular weight excluding hydrogens is 775 g/mol. The molecule has 0 bridgehead atoms. The number of allylic oxidation sites excluding steroid dienone is 6. The van der Waals surface area contributed by atoms with Gasteiger partial charge in [-0.3, -0.25) is 9.59 Å². The number of carboxylic acid groups (broad SMARTS) is 1. The fourth-order valence-corrected chi connectivity index (χ4v) is 7.81. The SMILES string of the molecule is CC/C=C/C/C=C/C/C=C/CCCCCCCCCCCCCCCC(=O)OCC(COCCC(C(=O)O)[N+](C)(C)C)OC(=O)CCCCCCCCCCCCCCCCC. The van der Waals surface area contributed by atoms with Crippen molar-refractivity contribution in [3.8, 4) is 0 Å². The average molecular weight is 875 g/mol. The second-order valence-electron chi connectivity index (χ2n) is 18.8. The summed E-state index contributed by atoms with van der Waals surface area (Å²) in [4.78, 5) is 37.2. The van der Waals surface area contributed by atoms with E-state index < -0.39 is 18.1 Å². The highest BCUT2D eigenvalue weighted by Gasteiger charge is 2.31. The molecule has 1 N–H and O–H groups in total. The van der Waals surface area contributed by atoms with Crippen molar-refractivity contribution in [1.29, 1.82) is 0 Å². The molecule has 0 saturated carbocycles. The summed E-state index contributed by atoms with van der Waals surface area (Å²) in [5.41, 5.74) is 0. The van der Waals surface area contributed by atoms with E-state index in [-0.39, 0.29) is 36.2 Å². The molecule has 0 amide bonds. The number of likely N-dealkylation sites (N-methyl/N-ethyl adjacent to an activating group) is 1. The summed E-state index contributed by atoms with van der Waals surface area (Å²) in [7, 11) is 5.54. The first-order chi connectivity index (χ1) is 30.1. The first kappa shape index (κ1) is 59.5. The van der Waals surface area contributed by atoms with Crippen LogP contribution in [-0.4, -0.2) is 80.6 Å². The van der Waals surface area contributed by atoms with Crippen LogP contribution in [0, 0.1) is 0 Å². The van der Waals surface area contributed by atoms with Crippen molar-refractivity contribution in [3.63, 3.8) is 0 Å². The van der Waals surface area contributed by atoms with E-state index in [4.69, 9.17) is 14.2 Å². The Kier molecular flexibility index (Phi) is 43.3. The third-order valence-corrected chi connectivity index (χ3v) is 11.8. The molecule has 0 aliphatic heterocycles. The number of esters is 2. The van der Waals surface area contributed by atoms with Gasteiger partial charge < -0.3 is 23.8 Å². The van der Waals surface area contributed by atoms with E-state index in [0.29, 0.717) is 19.3 Å². The fourth-order valence-electron chi connectivity index (χ4n) is 7.81. The molecule has 0 aromatic heterocycles. The Hall–Kier alpha value is -2.45. The Balaban J connectivity index is 4.16. The molecule has 8 heteroatoms. The van der Waals surface area contributed by atoms with Crippen LogP contribution in [0.15, 0.2) is 36.5 Å². The van der Waals surface area contributed by atoms with Gasteiger partial charge in [-0.1, -0.05) is 211 Å². The summed E-state index contributed by atoms with van der Waals surface area (Å²) < 4.78 is 17.4. The highest BCUT2D eigenvalue weighted by atomic mass is 16.6. The Morgan fingerprint density at radius 3 is 1.34 bits per heavy atom. The summed E-state index contributed by atoms with van der Waals surface area (Å²) in [6.07, 6.45) is 53.4. The van der Waals surface area contributed by atoms with Crippen LogP contribution in [0.25, 0.3) is 0 Å². The van der Waals surface area contributed by atoms with Crippen molar-refractivity contribution in [1.82, 2.24) is 0 Å². The zero-order valence-corrected chi connectivity index (χ0v) is 41.3. The minimum Gasteiger partial charge on any atom is -0.477 e. The summed E-state index contributed by atoms with van der Waals surface area (Å²) in [5, 5.41) is 9.65. The molecule has 362 valence electrons. The summed E-state index contributed by atoms with van der Waals surface area (Å²) in [6, 6.07) is -0.612. The van der Waals surface area contributed by atoms with E-state index in [9.17, 15) is 19.5 Å². The molecule has 0 heterocycles. The maximum atomic E-state index is 12.8. The van der Waals surface area contributed by atoms with E-state index in [2.05, 4.69) is 50.3 Å². The van der Waals surface area contributed by atoms with Gasteiger partial charge in [0.1, 0.15) is 6.61 Å². The third kappa shape index (κ3) is 42.8. The van der Waals surface area contributed by atoms with Crippen molar-refractivity contribution in [2.45, 2.75) is 251 Å². The number of ether oxygens (including phenoxy) is 3. The summed E-state index contributed by atoms with van der Waals surface area (Å²) in [6.45, 7) is 4.66. The zero-order chi connectivity index (χ0) is 45.6. The Labute approximate surface area is 383 Å². The zero-order valence-electron chi connectivity index (χ0n) is 41.3. The molecule has 8 nitrogen and oxygen atoms in total. The van der Waals surface area contributed by atoms with Gasteiger partial charge in [0, 0.05) is 19.3 Å². The molecule has 2 atom stereocenters. The monoisotopic (exact) mass is 875 g/mol. The third-order valence-electron chi connectivity index (χ3n) is 11.8. The molecule has 0 spiro atoms. The minimum atomic E-state index is -0.872. The highest BCUT2D eigenvalue weighted by Crippen LogP contribution is 2.16. The number of carbonyl (C=O) groups excluding carboxylic acids is 2. The lowest BCUT2D eigenvalue weighted by Gasteiger charge is -2.31. The Morgan fingerprint density at radius 2 is 0.903 bits per heavy atom. The van der Waals surface area contributed by atoms with Gasteiger partial charge >= 0.3 is 17.9 Å². The molecule has 0 aromatic carbocycles. The molecular formula is C54H100NO7+. The van der Waals surface area contributed by atoms with Crippen LogP contribution in [0.3, 0.4) is 0 Å². The lowest BCUT2D eigenvalue weighted by atomic mass is 10.0. The Bertz CT molecular complexity index is 1110. The van der Waals surface area contributed by atoms with Gasteiger partial charge in [0.05, 0.1) is 34.4 Å². The van der Waals surface area contributed by atoms with Crippen molar-refractivity contribution < 1.29 is 38.2 Å². The van der Waals surface area contributed by atoms with Gasteiger partial charge in [0.25, 0.3) is 0 Å². The van der Waals surface area contributed by atoms with E-state index in [1.54, 1.807) is 0 Å². The molecule has 0 rings (SSSR count). The Morgan fingerprint density at radius 1 is 0.500 bits per heavy atom. The smallest absolute Gasteiger partial charge is 0.362 e. The molecule has 0 radical (unpaired) electrons. The van der Waals surface area contributed by atoms with Gasteiger partial charge in [-0.25, -0.2) is 4.79 Å². The van der Waals surface area contributed by atoms with Crippen molar-refractivity contribution >= 4 is 17.9 Å². The minimum absolute atomic E-state index is 0.0473. The van der Waals surface area contributed by atoms with Crippen LogP contribution in [-0.2, 0) is 28.6 Å². The lowest BCUT2D eigenvalue weighted by Crippen LogP contribution is -2.50. The molecule has 2 unspecified atom stereocenters. The number of unbranched alkanes of at least 4 members (excludes halogenated alkanes) is 27. The number of nitrogens with zero attached hydrogens (tertiary/aromatic N) is 1. The summed E-state index contributed by atoms with van der Waals surface area (Å²) in [5.74, 6) is -1.45. The van der Waals surface area contributed by atoms with Gasteiger partial charge in [-0.2, -0.15) is 0 Å². The van der Waals surface area contributed by atoms with Gasteiger partial charge in [-0.15, -0.1) is 0 Å². The van der Waals surface area contributed by atoms with E-state index in [1.165, 1.54) is 148 Å². The predicted octanol–water partition coefficient (Wildman–Crippen LogP) is 15.0. The molecule has 0 aliphatic carbocycles. The first-order valence-electron chi connectivity index (χ1n) is 26.0. The largest absolute Gasteiger partial charge is 0.477 e. The number of quaternary nitrogens is 1. The fraction of sp³-hybridized carbons (Fsp3) is 0.833. The van der Waals surface area contributed by atoms with Crippen LogP contribution in [0.5, 0.6) is 0 Å². The average Bonchev–Trinajstić information content (AvgIpc) is 3.23. The number of hydrogen-bond acceptors (Lipinski definition) is 6. The topological polar surface area (TPSA) is 99.1 Å². The van der Waals surface area contributed by atoms with E-state index in [1.807, 2.05) is 21.1 Å². The number of carbonyl (C=O) groups is 3. The van der Waals surface area contributed by atoms with E-state index in [0.717, 1.165) is 57.8 Å². The molecule has 0 aromatic rings. The molecule has 0 aliphatic rings. The van der Waals surface area contributed by atoms with Crippen LogP contribution < -0.4 is 0 Å². The summed E-state index contributed by atoms with van der Waals surface area (Å²) >= 11 is 0. The highest BCUT2D eigenvalue weighted by molar-refractivity contribution is 5.72.